The van der Waals surface area contributed by atoms with Crippen LogP contribution in [0.3, 0.4) is 0 Å². The van der Waals surface area contributed by atoms with Crippen molar-refractivity contribution in [3.8, 4) is 0 Å². The minimum atomic E-state index is 1.36. The van der Waals surface area contributed by atoms with Crippen LogP contribution in [0.2, 0.25) is 4.13 Å². The molecule has 0 bridgehead atoms. The van der Waals surface area contributed by atoms with E-state index in [9.17, 15) is 0 Å². The van der Waals surface area contributed by atoms with E-state index in [0.717, 1.165) is 0 Å². The molecule has 0 atom stereocenters. The summed E-state index contributed by atoms with van der Waals surface area (Å²) < 4.78 is 1.41. The summed E-state index contributed by atoms with van der Waals surface area (Å²) in [6.45, 7) is 2.24. The van der Waals surface area contributed by atoms with Crippen molar-refractivity contribution in [1.29, 1.82) is 0 Å². The molecule has 0 aromatic rings. The molecular formula is C5H11At. The van der Waals surface area contributed by atoms with Gasteiger partial charge in [-0.25, -0.2) is 0 Å². The van der Waals surface area contributed by atoms with E-state index in [-0.39, 0.29) is 0 Å². The van der Waals surface area contributed by atoms with Crippen LogP contribution in [0.4, 0.5) is 0 Å². The predicted octanol–water partition coefficient (Wildman–Crippen LogP) is 2.14. The summed E-state index contributed by atoms with van der Waals surface area (Å²) in [6, 6.07) is 0. The van der Waals surface area contributed by atoms with E-state index in [0.29, 0.717) is 0 Å². The molecule has 0 N–H and O–H groups in total. The summed E-state index contributed by atoms with van der Waals surface area (Å²) in [7, 11) is 0. The van der Waals surface area contributed by atoms with Gasteiger partial charge in [0.15, 0.2) is 0 Å². The van der Waals surface area contributed by atoms with Gasteiger partial charge in [0.1, 0.15) is 0 Å². The van der Waals surface area contributed by atoms with Gasteiger partial charge < -0.3 is 0 Å². The second kappa shape index (κ2) is 5.88. The molecule has 0 aliphatic carbocycles. The molecule has 0 aromatic heterocycles. The van der Waals surface area contributed by atoms with E-state index in [4.69, 9.17) is 0 Å². The quantitative estimate of drug-likeness (QED) is 0.695. The second-order valence-corrected chi connectivity index (χ2v) is 2.87. The molecule has 0 unspecified atom stereocenters. The van der Waals surface area contributed by atoms with E-state index in [1.54, 1.807) is 0 Å². The fraction of sp³-hybridized carbons (Fsp3) is 1.00. The Morgan fingerprint density at radius 3 is 2.17 bits per heavy atom. The van der Waals surface area contributed by atoms with Crippen LogP contribution in [-0.2, 0) is 0 Å². The molecule has 0 amide bonds. The number of rotatable bonds is 3. The molecule has 0 spiro atoms. The van der Waals surface area contributed by atoms with Crippen molar-refractivity contribution in [3.05, 3.63) is 0 Å². The Morgan fingerprint density at radius 2 is 2.00 bits per heavy atom. The Labute approximate surface area is 55.2 Å². The SMILES string of the molecule is CCCCC[At]. The third-order valence-corrected chi connectivity index (χ3v) is 1.78. The van der Waals surface area contributed by atoms with Crippen molar-refractivity contribution in [1.82, 2.24) is 0 Å². The minimum absolute atomic E-state index is 1.36. The molecule has 0 fully saturated rings. The van der Waals surface area contributed by atoms with E-state index in [1.807, 2.05) is 24.7 Å². The second-order valence-electron chi connectivity index (χ2n) is 1.40. The molecule has 0 nitrogen and oxygen atoms in total. The topological polar surface area (TPSA) is 0 Å². The zero-order valence-electron chi connectivity index (χ0n) is 4.21. The monoisotopic (exact) mass is 281 g/mol. The Balaban J connectivity index is 2.34. The van der Waals surface area contributed by atoms with Crippen molar-refractivity contribution in [2.75, 3.05) is 0 Å². The van der Waals surface area contributed by atoms with Gasteiger partial charge in [-0.05, 0) is 0 Å². The molecule has 0 saturated carbocycles. The zero-order chi connectivity index (χ0) is 4.83. The first-order valence-electron chi connectivity index (χ1n) is 2.47. The summed E-state index contributed by atoms with van der Waals surface area (Å²) >= 11 is 1.90. The number of unbranched alkanes of at least 4 members (excludes halogenated alkanes) is 2. The first-order valence-corrected chi connectivity index (χ1v) is 4.55. The summed E-state index contributed by atoms with van der Waals surface area (Å²) in [4.78, 5) is 0. The van der Waals surface area contributed by atoms with Crippen LogP contribution in [0.15, 0.2) is 0 Å². The summed E-state index contributed by atoms with van der Waals surface area (Å²) in [5.74, 6) is 0. The summed E-state index contributed by atoms with van der Waals surface area (Å²) in [6.07, 6.45) is 4.23. The van der Waals surface area contributed by atoms with Gasteiger partial charge in [-0.2, -0.15) is 0 Å². The Hall–Kier alpha value is 0.883. The molecular weight excluding hydrogens is 270 g/mol. The normalized spacial score (nSPS) is 9.00. The van der Waals surface area contributed by atoms with Gasteiger partial charge in [-0.3, -0.25) is 0 Å². The van der Waals surface area contributed by atoms with Crippen LogP contribution in [-0.4, -0.2) is 0 Å². The van der Waals surface area contributed by atoms with Crippen molar-refractivity contribution in [2.45, 2.75) is 30.3 Å². The third kappa shape index (κ3) is 4.88. The Kier molecular flexibility index (Phi) is 6.75. The van der Waals surface area contributed by atoms with E-state index in [2.05, 4.69) is 6.92 Å². The van der Waals surface area contributed by atoms with Crippen LogP contribution >= 0.6 is 0 Å². The molecule has 0 heterocycles. The Bertz CT molecular complexity index is 15.9. The molecule has 0 saturated heterocycles. The van der Waals surface area contributed by atoms with Gasteiger partial charge in [0.25, 0.3) is 0 Å². The first-order chi connectivity index (χ1) is 2.91. The van der Waals surface area contributed by atoms with E-state index in [1.165, 1.54) is 23.4 Å². The third-order valence-electron chi connectivity index (χ3n) is 0.737. The van der Waals surface area contributed by atoms with Crippen molar-refractivity contribution < 1.29 is 24.7 Å². The zero-order valence-corrected chi connectivity index (χ0v) is 7.15. The average molecular weight is 281 g/mol. The predicted molar refractivity (Wildman–Crippen MR) is 24.3 cm³/mol. The van der Waals surface area contributed by atoms with Gasteiger partial charge in [-0.15, -0.1) is 0 Å². The number of hydrogen-bond donors (Lipinski definition) is 0. The fourth-order valence-corrected chi connectivity index (χ4v) is 1.08. The van der Waals surface area contributed by atoms with Crippen molar-refractivity contribution in [2.24, 2.45) is 0 Å². The summed E-state index contributed by atoms with van der Waals surface area (Å²) in [5.41, 5.74) is 0. The first kappa shape index (κ1) is 6.88. The van der Waals surface area contributed by atoms with Crippen LogP contribution < -0.4 is 0 Å². The van der Waals surface area contributed by atoms with Crippen molar-refractivity contribution in [3.63, 3.8) is 0 Å². The molecule has 6 heavy (non-hydrogen) atoms. The maximum atomic E-state index is 2.24. The van der Waals surface area contributed by atoms with Gasteiger partial charge in [0, 0.05) is 0 Å². The standard InChI is InChI=1S/C5H11At/c1-2-3-4-5-6/h2-5H2,1H3. The molecule has 38 valence electrons. The molecule has 0 aliphatic heterocycles. The average Bonchev–Trinajstić information content (AvgIpc) is 1.61. The van der Waals surface area contributed by atoms with Gasteiger partial charge in [0.05, 0.1) is 0 Å². The van der Waals surface area contributed by atoms with Crippen molar-refractivity contribution >= 4 is 0 Å². The van der Waals surface area contributed by atoms with Gasteiger partial charge in [0.2, 0.25) is 0 Å². The van der Waals surface area contributed by atoms with Crippen LogP contribution in [0.25, 0.3) is 0 Å². The maximum absolute atomic E-state index is 2.24. The number of hydrogen-bond acceptors (Lipinski definition) is 0. The molecule has 0 rings (SSSR count). The fourth-order valence-electron chi connectivity index (χ4n) is 0.344. The van der Waals surface area contributed by atoms with E-state index >= 15 is 0 Å². The summed E-state index contributed by atoms with van der Waals surface area (Å²) in [5, 5.41) is 0. The van der Waals surface area contributed by atoms with Gasteiger partial charge in [-0.1, -0.05) is 0 Å². The molecule has 0 aliphatic rings. The van der Waals surface area contributed by atoms with E-state index < -0.39 is 0 Å². The Morgan fingerprint density at radius 1 is 1.33 bits per heavy atom. The van der Waals surface area contributed by atoms with Crippen LogP contribution in [0.5, 0.6) is 0 Å². The van der Waals surface area contributed by atoms with Gasteiger partial charge >= 0.3 is 55.0 Å². The molecule has 0 aromatic carbocycles. The van der Waals surface area contributed by atoms with Crippen LogP contribution in [0.1, 0.15) is 26.2 Å². The molecule has 1 heteroatoms. The van der Waals surface area contributed by atoms with Crippen LogP contribution in [0, 0.1) is 24.7 Å². The molecule has 0 radical (unpaired) electrons.